The highest BCUT2D eigenvalue weighted by molar-refractivity contribution is 6.30. The van der Waals surface area contributed by atoms with Gasteiger partial charge in [0.25, 0.3) is 0 Å². The van der Waals surface area contributed by atoms with Crippen molar-refractivity contribution in [3.8, 4) is 0 Å². The van der Waals surface area contributed by atoms with Crippen LogP contribution in [0.15, 0.2) is 18.2 Å². The molecule has 1 N–H and O–H groups in total. The normalized spacial score (nSPS) is 10.3. The maximum Gasteiger partial charge on any atom is 0.306 e. The molecule has 17 heavy (non-hydrogen) atoms. The molecule has 3 nitrogen and oxygen atoms in total. The van der Waals surface area contributed by atoms with E-state index in [1.807, 2.05) is 0 Å². The number of hydrogen-bond acceptors (Lipinski definition) is 3. The zero-order chi connectivity index (χ0) is 12.7. The summed E-state index contributed by atoms with van der Waals surface area (Å²) in [4.78, 5) is 10.8. The summed E-state index contributed by atoms with van der Waals surface area (Å²) >= 11 is 5.77. The molecule has 0 bridgehead atoms. The second-order valence-corrected chi connectivity index (χ2v) is 4.00. The van der Waals surface area contributed by atoms with Gasteiger partial charge in [0, 0.05) is 11.6 Å². The van der Waals surface area contributed by atoms with Crippen molar-refractivity contribution in [1.29, 1.82) is 0 Å². The van der Waals surface area contributed by atoms with Crippen LogP contribution in [0.3, 0.4) is 0 Å². The molecule has 1 aromatic rings. The fraction of sp³-hybridized carbons (Fsp3) is 0.417. The SMILES string of the molecule is COC(=O)CCNCCc1cc(Cl)ccc1F. The maximum absolute atomic E-state index is 13.3. The molecule has 1 rings (SSSR count). The molecule has 0 atom stereocenters. The minimum atomic E-state index is -0.260. The van der Waals surface area contributed by atoms with Gasteiger partial charge in [0.15, 0.2) is 0 Å². The van der Waals surface area contributed by atoms with Gasteiger partial charge >= 0.3 is 5.97 Å². The summed E-state index contributed by atoms with van der Waals surface area (Å²) in [6.07, 6.45) is 0.849. The molecular formula is C12H15ClFNO2. The van der Waals surface area contributed by atoms with Crippen LogP contribution in [0.5, 0.6) is 0 Å². The molecule has 0 aliphatic rings. The first kappa shape index (κ1) is 13.9. The van der Waals surface area contributed by atoms with Crippen molar-refractivity contribution in [1.82, 2.24) is 5.32 Å². The van der Waals surface area contributed by atoms with Crippen LogP contribution in [0.1, 0.15) is 12.0 Å². The number of rotatable bonds is 6. The summed E-state index contributed by atoms with van der Waals surface area (Å²) in [6.45, 7) is 1.11. The first-order valence-electron chi connectivity index (χ1n) is 5.35. The molecule has 0 fully saturated rings. The highest BCUT2D eigenvalue weighted by Crippen LogP contribution is 2.14. The number of carbonyl (C=O) groups excluding carboxylic acids is 1. The average Bonchev–Trinajstić information content (AvgIpc) is 2.32. The number of carbonyl (C=O) groups is 1. The van der Waals surface area contributed by atoms with Gasteiger partial charge in [-0.3, -0.25) is 4.79 Å². The van der Waals surface area contributed by atoms with Gasteiger partial charge in [-0.05, 0) is 36.7 Å². The van der Waals surface area contributed by atoms with Gasteiger partial charge in [0.2, 0.25) is 0 Å². The third-order valence-electron chi connectivity index (χ3n) is 2.31. The molecule has 0 aliphatic carbocycles. The first-order valence-corrected chi connectivity index (χ1v) is 5.72. The van der Waals surface area contributed by atoms with Crippen molar-refractivity contribution < 1.29 is 13.9 Å². The van der Waals surface area contributed by atoms with Gasteiger partial charge in [-0.2, -0.15) is 0 Å². The second-order valence-electron chi connectivity index (χ2n) is 3.56. The second kappa shape index (κ2) is 7.25. The highest BCUT2D eigenvalue weighted by Gasteiger charge is 2.03. The summed E-state index contributed by atoms with van der Waals surface area (Å²) < 4.78 is 17.8. The lowest BCUT2D eigenvalue weighted by atomic mass is 10.1. The van der Waals surface area contributed by atoms with Crippen LogP contribution >= 0.6 is 11.6 Å². The van der Waals surface area contributed by atoms with Crippen LogP contribution in [0.2, 0.25) is 5.02 Å². The van der Waals surface area contributed by atoms with E-state index in [0.29, 0.717) is 36.5 Å². The van der Waals surface area contributed by atoms with E-state index in [1.54, 1.807) is 6.07 Å². The van der Waals surface area contributed by atoms with Crippen molar-refractivity contribution in [3.05, 3.63) is 34.6 Å². The molecule has 0 saturated carbocycles. The van der Waals surface area contributed by atoms with Crippen LogP contribution in [0.25, 0.3) is 0 Å². The van der Waals surface area contributed by atoms with Crippen molar-refractivity contribution in [2.45, 2.75) is 12.8 Å². The molecule has 0 unspecified atom stereocenters. The Balaban J connectivity index is 2.26. The number of halogens is 2. The van der Waals surface area contributed by atoms with Gasteiger partial charge in [-0.1, -0.05) is 11.6 Å². The molecule has 0 radical (unpaired) electrons. The summed E-state index contributed by atoms with van der Waals surface area (Å²) in [5.41, 5.74) is 0.572. The van der Waals surface area contributed by atoms with E-state index in [4.69, 9.17) is 11.6 Å². The third-order valence-corrected chi connectivity index (χ3v) is 2.55. The molecular weight excluding hydrogens is 245 g/mol. The number of ether oxygens (including phenoxy) is 1. The van der Waals surface area contributed by atoms with Crippen molar-refractivity contribution in [3.63, 3.8) is 0 Å². The van der Waals surface area contributed by atoms with Crippen LogP contribution < -0.4 is 5.32 Å². The standard InChI is InChI=1S/C12H15ClFNO2/c1-17-12(16)5-7-15-6-4-9-8-10(13)2-3-11(9)14/h2-3,8,15H,4-7H2,1H3. The molecule has 94 valence electrons. The van der Waals surface area contributed by atoms with Crippen LogP contribution in [-0.2, 0) is 16.0 Å². The predicted molar refractivity (Wildman–Crippen MR) is 64.6 cm³/mol. The quantitative estimate of drug-likeness (QED) is 0.629. The zero-order valence-electron chi connectivity index (χ0n) is 9.63. The molecule has 1 aromatic carbocycles. The molecule has 0 heterocycles. The van der Waals surface area contributed by atoms with Gasteiger partial charge in [-0.15, -0.1) is 0 Å². The molecule has 0 spiro atoms. The van der Waals surface area contributed by atoms with Gasteiger partial charge in [0.05, 0.1) is 13.5 Å². The van der Waals surface area contributed by atoms with Crippen LogP contribution in [0.4, 0.5) is 4.39 Å². The molecule has 0 saturated heterocycles. The Morgan fingerprint density at radius 3 is 2.94 bits per heavy atom. The monoisotopic (exact) mass is 259 g/mol. The Morgan fingerprint density at radius 2 is 2.24 bits per heavy atom. The first-order chi connectivity index (χ1) is 8.13. The number of esters is 1. The number of methoxy groups -OCH3 is 1. The molecule has 5 heteroatoms. The van der Waals surface area contributed by atoms with E-state index in [0.717, 1.165) is 0 Å². The Bertz CT molecular complexity index is 385. The summed E-state index contributed by atoms with van der Waals surface area (Å²) in [5, 5.41) is 3.56. The molecule has 0 amide bonds. The lowest BCUT2D eigenvalue weighted by molar-refractivity contribution is -0.140. The largest absolute Gasteiger partial charge is 0.469 e. The van der Waals surface area contributed by atoms with E-state index in [2.05, 4.69) is 10.1 Å². The van der Waals surface area contributed by atoms with Crippen LogP contribution in [-0.4, -0.2) is 26.2 Å². The van der Waals surface area contributed by atoms with E-state index >= 15 is 0 Å². The summed E-state index contributed by atoms with van der Waals surface area (Å²) in [6, 6.07) is 4.48. The molecule has 0 aliphatic heterocycles. The Labute approximate surface area is 105 Å². The number of benzene rings is 1. The lowest BCUT2D eigenvalue weighted by Crippen LogP contribution is -2.21. The van der Waals surface area contributed by atoms with Crippen molar-refractivity contribution in [2.24, 2.45) is 0 Å². The topological polar surface area (TPSA) is 38.3 Å². The van der Waals surface area contributed by atoms with Crippen LogP contribution in [0, 0.1) is 5.82 Å². The van der Waals surface area contributed by atoms with E-state index in [9.17, 15) is 9.18 Å². The fourth-order valence-electron chi connectivity index (χ4n) is 1.38. The van der Waals surface area contributed by atoms with Crippen molar-refractivity contribution >= 4 is 17.6 Å². The van der Waals surface area contributed by atoms with E-state index in [1.165, 1.54) is 19.2 Å². The number of hydrogen-bond donors (Lipinski definition) is 1. The van der Waals surface area contributed by atoms with Gasteiger partial charge < -0.3 is 10.1 Å². The predicted octanol–water partition coefficient (Wildman–Crippen LogP) is 2.17. The Hall–Kier alpha value is -1.13. The van der Waals surface area contributed by atoms with Gasteiger partial charge in [-0.25, -0.2) is 4.39 Å². The molecule has 0 aromatic heterocycles. The van der Waals surface area contributed by atoms with E-state index in [-0.39, 0.29) is 11.8 Å². The fourth-order valence-corrected chi connectivity index (χ4v) is 1.57. The lowest BCUT2D eigenvalue weighted by Gasteiger charge is -2.05. The smallest absolute Gasteiger partial charge is 0.306 e. The minimum absolute atomic E-state index is 0.258. The Morgan fingerprint density at radius 1 is 1.47 bits per heavy atom. The highest BCUT2D eigenvalue weighted by atomic mass is 35.5. The Kier molecular flexibility index (Phi) is 5.94. The summed E-state index contributed by atoms with van der Waals surface area (Å²) in [7, 11) is 1.35. The van der Waals surface area contributed by atoms with E-state index < -0.39 is 0 Å². The minimum Gasteiger partial charge on any atom is -0.469 e. The number of nitrogens with one attached hydrogen (secondary N) is 1. The average molecular weight is 260 g/mol. The zero-order valence-corrected chi connectivity index (χ0v) is 10.4. The summed E-state index contributed by atoms with van der Waals surface area (Å²) in [5.74, 6) is -0.518. The third kappa shape index (κ3) is 5.15. The van der Waals surface area contributed by atoms with Crippen molar-refractivity contribution in [2.75, 3.05) is 20.2 Å². The maximum atomic E-state index is 13.3. The van der Waals surface area contributed by atoms with Gasteiger partial charge in [0.1, 0.15) is 5.82 Å².